The van der Waals surface area contributed by atoms with E-state index in [2.05, 4.69) is 22.5 Å². The predicted octanol–water partition coefficient (Wildman–Crippen LogP) is 2.20. The Morgan fingerprint density at radius 3 is 2.09 bits per heavy atom. The third-order valence-electron chi connectivity index (χ3n) is 10.6. The number of likely N-dealkylation sites (tertiary alicyclic amines) is 1. The summed E-state index contributed by atoms with van der Waals surface area (Å²) in [5, 5.41) is 8.18. The second-order valence-electron chi connectivity index (χ2n) is 15.4. The van der Waals surface area contributed by atoms with E-state index in [-0.39, 0.29) is 35.2 Å². The molecule has 1 heterocycles. The lowest BCUT2D eigenvalue weighted by molar-refractivity contribution is -0.151. The maximum absolute atomic E-state index is 14.2. The number of ether oxygens (including phenoxy) is 1. The SMILES string of the molecule is C=C(C)[C@H](NC(=O)N[C@H](C(=O)N1C[C@H]2[C@@H]([C@H]1C(=O)NC(C(=O)C(N)=O)C1CCC1)C2(C)C)C(C)(C)C)C(=O)OC1CCC[C@H]1C. The highest BCUT2D eigenvalue weighted by atomic mass is 16.5. The number of Topliss-reactive ketones (excluding diaryl/α,β-unsaturated/α-hetero) is 1. The number of carbonyl (C=O) groups excluding carboxylic acids is 6. The molecule has 12 heteroatoms. The van der Waals surface area contributed by atoms with Gasteiger partial charge in [0.25, 0.3) is 5.91 Å². The van der Waals surface area contributed by atoms with Crippen LogP contribution in [0, 0.1) is 34.5 Å². The highest BCUT2D eigenvalue weighted by Crippen LogP contribution is 2.65. The van der Waals surface area contributed by atoms with E-state index in [4.69, 9.17) is 10.5 Å². The van der Waals surface area contributed by atoms with E-state index in [9.17, 15) is 28.8 Å². The summed E-state index contributed by atoms with van der Waals surface area (Å²) in [4.78, 5) is 80.3. The fourth-order valence-corrected chi connectivity index (χ4v) is 7.38. The summed E-state index contributed by atoms with van der Waals surface area (Å²) in [7, 11) is 0. The molecule has 0 spiro atoms. The average molecular weight is 630 g/mol. The summed E-state index contributed by atoms with van der Waals surface area (Å²) in [5.41, 5.74) is 4.72. The standard InChI is InChI=1S/C33H51N5O7/c1-16(2)22(30(43)45-20-14-9-11-17(20)3)36-31(44)37-26(32(4,5)6)29(42)38-15-19-21(33(19,7)8)24(38)28(41)35-23(18-12-10-13-18)25(39)27(34)40/h17-24,26H,1,9-15H2,2-8H3,(H2,34,40)(H,35,41)(H2,36,37,44)/t17-,19+,20?,21+,22+,23?,24+,26-/m1/s1. The molecule has 0 aromatic heterocycles. The fraction of sp³-hybridized carbons (Fsp3) is 0.758. The first-order valence-electron chi connectivity index (χ1n) is 16.2. The Bertz CT molecular complexity index is 1250. The molecule has 8 atom stereocenters. The van der Waals surface area contributed by atoms with Crippen LogP contribution in [0.15, 0.2) is 12.2 Å². The number of nitrogens with one attached hydrogen (secondary N) is 3. The number of nitrogens with two attached hydrogens (primary N) is 1. The van der Waals surface area contributed by atoms with Crippen LogP contribution in [0.5, 0.6) is 0 Å². The second kappa shape index (κ2) is 12.7. The molecule has 0 radical (unpaired) electrons. The van der Waals surface area contributed by atoms with E-state index in [0.717, 1.165) is 25.7 Å². The van der Waals surface area contributed by atoms with Gasteiger partial charge in [0.15, 0.2) is 0 Å². The molecule has 12 nitrogen and oxygen atoms in total. The van der Waals surface area contributed by atoms with E-state index in [0.29, 0.717) is 25.0 Å². The fourth-order valence-electron chi connectivity index (χ4n) is 7.38. The number of primary amides is 1. The molecule has 0 aromatic carbocycles. The predicted molar refractivity (Wildman–Crippen MR) is 166 cm³/mol. The zero-order chi connectivity index (χ0) is 33.6. The minimum Gasteiger partial charge on any atom is -0.460 e. The van der Waals surface area contributed by atoms with Gasteiger partial charge in [-0.1, -0.05) is 54.5 Å². The van der Waals surface area contributed by atoms with E-state index < -0.39 is 65.1 Å². The van der Waals surface area contributed by atoms with Crippen molar-refractivity contribution in [2.45, 2.75) is 117 Å². The molecule has 3 aliphatic carbocycles. The Balaban J connectivity index is 1.50. The zero-order valence-corrected chi connectivity index (χ0v) is 27.7. The average Bonchev–Trinajstić information content (AvgIpc) is 3.24. The van der Waals surface area contributed by atoms with Gasteiger partial charge in [-0.2, -0.15) is 0 Å². The van der Waals surface area contributed by atoms with Crippen LogP contribution in [0.2, 0.25) is 0 Å². The van der Waals surface area contributed by atoms with Crippen molar-refractivity contribution in [1.29, 1.82) is 0 Å². The van der Waals surface area contributed by atoms with Crippen LogP contribution >= 0.6 is 0 Å². The summed E-state index contributed by atoms with van der Waals surface area (Å²) in [5.74, 6) is -3.53. The highest BCUT2D eigenvalue weighted by Gasteiger charge is 2.70. The van der Waals surface area contributed by atoms with Crippen molar-refractivity contribution < 1.29 is 33.5 Å². The Morgan fingerprint density at radius 2 is 1.60 bits per heavy atom. The molecule has 4 aliphatic rings. The number of piperidine rings is 1. The second-order valence-corrected chi connectivity index (χ2v) is 15.4. The number of carbonyl (C=O) groups is 6. The van der Waals surface area contributed by atoms with Crippen LogP contribution in [-0.2, 0) is 28.7 Å². The quantitative estimate of drug-likeness (QED) is 0.154. The molecule has 250 valence electrons. The van der Waals surface area contributed by atoms with Gasteiger partial charge in [-0.05, 0) is 79.1 Å². The summed E-state index contributed by atoms with van der Waals surface area (Å²) in [6, 6.07) is -4.81. The first kappa shape index (κ1) is 34.4. The first-order chi connectivity index (χ1) is 20.9. The van der Waals surface area contributed by atoms with Crippen molar-refractivity contribution in [3.8, 4) is 0 Å². The number of urea groups is 1. The molecule has 5 N–H and O–H groups in total. The van der Waals surface area contributed by atoms with Gasteiger partial charge >= 0.3 is 12.0 Å². The summed E-state index contributed by atoms with van der Waals surface area (Å²) < 4.78 is 5.70. The molecular weight excluding hydrogens is 578 g/mol. The number of ketones is 1. The molecule has 45 heavy (non-hydrogen) atoms. The van der Waals surface area contributed by atoms with Crippen LogP contribution in [0.3, 0.4) is 0 Å². The van der Waals surface area contributed by atoms with Gasteiger partial charge in [0.1, 0.15) is 30.3 Å². The molecule has 3 saturated carbocycles. The topological polar surface area (TPSA) is 177 Å². The maximum Gasteiger partial charge on any atom is 0.333 e. The minimum absolute atomic E-state index is 0.0567. The molecule has 4 rings (SSSR count). The van der Waals surface area contributed by atoms with Crippen molar-refractivity contribution in [3.63, 3.8) is 0 Å². The third kappa shape index (κ3) is 7.04. The number of nitrogens with zero attached hydrogens (tertiary/aromatic N) is 1. The smallest absolute Gasteiger partial charge is 0.333 e. The third-order valence-corrected chi connectivity index (χ3v) is 10.6. The van der Waals surface area contributed by atoms with Crippen LogP contribution in [0.1, 0.15) is 87.0 Å². The Kier molecular flexibility index (Phi) is 9.76. The molecule has 2 unspecified atom stereocenters. The van der Waals surface area contributed by atoms with Crippen LogP contribution < -0.4 is 21.7 Å². The van der Waals surface area contributed by atoms with Crippen molar-refractivity contribution in [2.24, 2.45) is 40.2 Å². The largest absolute Gasteiger partial charge is 0.460 e. The Labute approximate surface area is 266 Å². The Hall–Kier alpha value is -3.44. The van der Waals surface area contributed by atoms with Crippen molar-refractivity contribution >= 4 is 35.5 Å². The number of rotatable bonds is 11. The van der Waals surface area contributed by atoms with Crippen molar-refractivity contribution in [1.82, 2.24) is 20.9 Å². The summed E-state index contributed by atoms with van der Waals surface area (Å²) >= 11 is 0. The molecular formula is C33H51N5O7. The first-order valence-corrected chi connectivity index (χ1v) is 16.2. The number of hydrogen-bond acceptors (Lipinski definition) is 7. The Morgan fingerprint density at radius 1 is 0.978 bits per heavy atom. The molecule has 1 saturated heterocycles. The lowest BCUT2D eigenvalue weighted by Gasteiger charge is -2.39. The number of fused-ring (bicyclic) bond motifs is 1. The summed E-state index contributed by atoms with van der Waals surface area (Å²) in [6.45, 7) is 17.3. The van der Waals surface area contributed by atoms with Crippen LogP contribution in [0.25, 0.3) is 0 Å². The van der Waals surface area contributed by atoms with Crippen LogP contribution in [-0.4, -0.2) is 77.2 Å². The zero-order valence-electron chi connectivity index (χ0n) is 27.7. The molecule has 4 fully saturated rings. The molecule has 0 aromatic rings. The number of amides is 5. The lowest BCUT2D eigenvalue weighted by atomic mass is 9.78. The van der Waals surface area contributed by atoms with Gasteiger partial charge in [0, 0.05) is 6.54 Å². The lowest BCUT2D eigenvalue weighted by Crippen LogP contribution is -2.62. The monoisotopic (exact) mass is 629 g/mol. The van der Waals surface area contributed by atoms with Gasteiger partial charge in [-0.15, -0.1) is 0 Å². The van der Waals surface area contributed by atoms with E-state index in [1.165, 1.54) is 4.90 Å². The van der Waals surface area contributed by atoms with Gasteiger partial charge in [0.05, 0.1) is 0 Å². The summed E-state index contributed by atoms with van der Waals surface area (Å²) in [6.07, 6.45) is 4.76. The minimum atomic E-state index is -1.10. The number of hydrogen-bond donors (Lipinski definition) is 4. The molecule has 1 aliphatic heterocycles. The molecule has 0 bridgehead atoms. The van der Waals surface area contributed by atoms with Gasteiger partial charge in [-0.3, -0.25) is 19.2 Å². The highest BCUT2D eigenvalue weighted by molar-refractivity contribution is 6.38. The maximum atomic E-state index is 14.2. The van der Waals surface area contributed by atoms with Crippen molar-refractivity contribution in [3.05, 3.63) is 12.2 Å². The van der Waals surface area contributed by atoms with Crippen LogP contribution in [0.4, 0.5) is 4.79 Å². The van der Waals surface area contributed by atoms with Crippen molar-refractivity contribution in [2.75, 3.05) is 6.54 Å². The number of esters is 1. The normalized spacial score (nSPS) is 28.9. The molecule has 5 amide bonds. The van der Waals surface area contributed by atoms with E-state index in [1.54, 1.807) is 27.7 Å². The van der Waals surface area contributed by atoms with Gasteiger partial charge in [0.2, 0.25) is 17.6 Å². The van der Waals surface area contributed by atoms with Gasteiger partial charge in [-0.25, -0.2) is 9.59 Å². The van der Waals surface area contributed by atoms with E-state index in [1.807, 2.05) is 20.8 Å². The van der Waals surface area contributed by atoms with E-state index >= 15 is 0 Å². The van der Waals surface area contributed by atoms with Gasteiger partial charge < -0.3 is 31.3 Å².